The fourth-order valence-electron chi connectivity index (χ4n) is 2.98. The van der Waals surface area contributed by atoms with Crippen LogP contribution in [0.3, 0.4) is 0 Å². The van der Waals surface area contributed by atoms with Gasteiger partial charge in [0.15, 0.2) is 5.96 Å². The summed E-state index contributed by atoms with van der Waals surface area (Å²) in [5, 5.41) is 3.18. The Hall–Kier alpha value is -0.820. The van der Waals surface area contributed by atoms with Crippen molar-refractivity contribution in [2.75, 3.05) is 6.54 Å². The summed E-state index contributed by atoms with van der Waals surface area (Å²) in [4.78, 5) is 7.00. The lowest BCUT2D eigenvalue weighted by Crippen LogP contribution is -2.44. The Kier molecular flexibility index (Phi) is 8.50. The largest absolute Gasteiger partial charge is 0.370 e. The number of hydrogen-bond donors (Lipinski definition) is 2. The topological polar surface area (TPSA) is 53.6 Å². The minimum absolute atomic E-state index is 0. The fourth-order valence-corrected chi connectivity index (χ4v) is 2.98. The lowest BCUT2D eigenvalue weighted by molar-refractivity contribution is 0.152. The molecule has 1 atom stereocenters. The van der Waals surface area contributed by atoms with Crippen LogP contribution in [0.1, 0.15) is 58.1 Å². The second-order valence-corrected chi connectivity index (χ2v) is 7.71. The third-order valence-electron chi connectivity index (χ3n) is 4.28. The fraction of sp³-hybridized carbons (Fsp3) is 0.632. The minimum Gasteiger partial charge on any atom is -0.370 e. The van der Waals surface area contributed by atoms with Crippen LogP contribution in [0.15, 0.2) is 29.3 Å². The van der Waals surface area contributed by atoms with Crippen LogP contribution >= 0.6 is 24.0 Å². The number of likely N-dealkylation sites (tertiary alicyclic amines) is 1. The molecule has 0 aromatic heterocycles. The van der Waals surface area contributed by atoms with E-state index in [4.69, 9.17) is 5.73 Å². The summed E-state index contributed by atoms with van der Waals surface area (Å²) < 4.78 is 0. The molecule has 1 aliphatic heterocycles. The van der Waals surface area contributed by atoms with Crippen LogP contribution in [0.5, 0.6) is 0 Å². The molecule has 1 aromatic carbocycles. The summed E-state index contributed by atoms with van der Waals surface area (Å²) in [6, 6.07) is 9.48. The van der Waals surface area contributed by atoms with Crippen molar-refractivity contribution in [2.45, 2.75) is 71.6 Å². The third kappa shape index (κ3) is 7.38. The van der Waals surface area contributed by atoms with E-state index in [0.717, 1.165) is 6.54 Å². The minimum atomic E-state index is -0.0530. The number of benzene rings is 1. The average Bonchev–Trinajstić information content (AvgIpc) is 2.47. The molecule has 1 heterocycles. The molecule has 1 unspecified atom stereocenters. The van der Waals surface area contributed by atoms with E-state index in [1.54, 1.807) is 0 Å². The second-order valence-electron chi connectivity index (χ2n) is 7.71. The van der Waals surface area contributed by atoms with Crippen molar-refractivity contribution < 1.29 is 0 Å². The predicted octanol–water partition coefficient (Wildman–Crippen LogP) is 3.88. The predicted molar refractivity (Wildman–Crippen MR) is 114 cm³/mol. The van der Waals surface area contributed by atoms with Crippen LogP contribution in [0.2, 0.25) is 0 Å². The van der Waals surface area contributed by atoms with E-state index in [1.807, 2.05) is 0 Å². The number of guanidine groups is 1. The summed E-state index contributed by atoms with van der Waals surface area (Å²) in [5.74, 6) is 0.503. The Bertz CT molecular complexity index is 519. The zero-order valence-electron chi connectivity index (χ0n) is 15.5. The highest BCUT2D eigenvalue weighted by Gasteiger charge is 2.17. The maximum Gasteiger partial charge on any atom is 0.189 e. The molecule has 0 amide bonds. The van der Waals surface area contributed by atoms with Gasteiger partial charge in [-0.15, -0.1) is 24.0 Å². The molecule has 0 bridgehead atoms. The number of nitrogens with one attached hydrogen (secondary N) is 1. The Morgan fingerprint density at radius 3 is 2.42 bits per heavy atom. The smallest absolute Gasteiger partial charge is 0.189 e. The number of aliphatic imine (C=N–C) groups is 1. The van der Waals surface area contributed by atoms with Gasteiger partial charge in [0.1, 0.15) is 0 Å². The molecule has 1 fully saturated rings. The first-order chi connectivity index (χ1) is 10.8. The first kappa shape index (κ1) is 21.2. The van der Waals surface area contributed by atoms with Gasteiger partial charge in [0.25, 0.3) is 0 Å². The SMILES string of the molecule is CC1CCCCN1Cc1ccc(CN=C(N)NC(C)(C)C)cc1.I. The van der Waals surface area contributed by atoms with Crippen LogP contribution < -0.4 is 11.1 Å². The standard InChI is InChI=1S/C19H32N4.HI/c1-15-7-5-6-12-23(15)14-17-10-8-16(9-11-17)13-21-18(20)22-19(2,3)4;/h8-11,15H,5-7,12-14H2,1-4H3,(H3,20,21,22);1H. The van der Waals surface area contributed by atoms with Gasteiger partial charge in [-0.2, -0.15) is 0 Å². The van der Waals surface area contributed by atoms with Gasteiger partial charge in [0, 0.05) is 18.1 Å². The van der Waals surface area contributed by atoms with E-state index in [9.17, 15) is 0 Å². The highest BCUT2D eigenvalue weighted by Crippen LogP contribution is 2.19. The van der Waals surface area contributed by atoms with Gasteiger partial charge in [-0.1, -0.05) is 30.7 Å². The summed E-state index contributed by atoms with van der Waals surface area (Å²) in [6.07, 6.45) is 4.03. The van der Waals surface area contributed by atoms with Crippen molar-refractivity contribution in [2.24, 2.45) is 10.7 Å². The maximum absolute atomic E-state index is 5.91. The molecule has 0 aliphatic carbocycles. The first-order valence-corrected chi connectivity index (χ1v) is 8.73. The van der Waals surface area contributed by atoms with Crippen molar-refractivity contribution in [1.29, 1.82) is 0 Å². The van der Waals surface area contributed by atoms with Gasteiger partial charge < -0.3 is 11.1 Å². The molecular formula is C19H33IN4. The van der Waals surface area contributed by atoms with E-state index in [-0.39, 0.29) is 29.5 Å². The van der Waals surface area contributed by atoms with E-state index < -0.39 is 0 Å². The highest BCUT2D eigenvalue weighted by atomic mass is 127. The summed E-state index contributed by atoms with van der Waals surface area (Å²) >= 11 is 0. The van der Waals surface area contributed by atoms with Crippen LogP contribution in [0.25, 0.3) is 0 Å². The van der Waals surface area contributed by atoms with E-state index in [1.165, 1.54) is 36.9 Å². The van der Waals surface area contributed by atoms with Gasteiger partial charge in [0.2, 0.25) is 0 Å². The lowest BCUT2D eigenvalue weighted by Gasteiger charge is -2.33. The van der Waals surface area contributed by atoms with Crippen LogP contribution in [0.4, 0.5) is 0 Å². The molecule has 4 nitrogen and oxygen atoms in total. The number of halogens is 1. The molecule has 0 spiro atoms. The average molecular weight is 444 g/mol. The number of hydrogen-bond acceptors (Lipinski definition) is 2. The van der Waals surface area contributed by atoms with Crippen LogP contribution in [-0.4, -0.2) is 29.0 Å². The number of nitrogens with zero attached hydrogens (tertiary/aromatic N) is 2. The molecule has 24 heavy (non-hydrogen) atoms. The summed E-state index contributed by atoms with van der Waals surface area (Å²) in [7, 11) is 0. The van der Waals surface area contributed by atoms with E-state index in [2.05, 4.69) is 67.2 Å². The Balaban J connectivity index is 0.00000288. The summed E-state index contributed by atoms with van der Waals surface area (Å²) in [6.45, 7) is 11.5. The third-order valence-corrected chi connectivity index (χ3v) is 4.28. The maximum atomic E-state index is 5.91. The van der Waals surface area contributed by atoms with Crippen molar-refractivity contribution in [1.82, 2.24) is 10.2 Å². The van der Waals surface area contributed by atoms with Gasteiger partial charge >= 0.3 is 0 Å². The second kappa shape index (κ2) is 9.61. The molecule has 1 aromatic rings. The number of rotatable bonds is 4. The molecule has 1 aliphatic rings. The highest BCUT2D eigenvalue weighted by molar-refractivity contribution is 14.0. The molecule has 1 saturated heterocycles. The first-order valence-electron chi connectivity index (χ1n) is 8.73. The molecule has 2 rings (SSSR count). The Labute approximate surface area is 164 Å². The van der Waals surface area contributed by atoms with Crippen LogP contribution in [-0.2, 0) is 13.1 Å². The van der Waals surface area contributed by atoms with Gasteiger partial charge in [-0.3, -0.25) is 4.90 Å². The molecule has 136 valence electrons. The van der Waals surface area contributed by atoms with Crippen molar-refractivity contribution in [3.8, 4) is 0 Å². The van der Waals surface area contributed by atoms with Gasteiger partial charge in [0.05, 0.1) is 6.54 Å². The van der Waals surface area contributed by atoms with Crippen molar-refractivity contribution in [3.63, 3.8) is 0 Å². The van der Waals surface area contributed by atoms with E-state index in [0.29, 0.717) is 18.5 Å². The monoisotopic (exact) mass is 444 g/mol. The summed E-state index contributed by atoms with van der Waals surface area (Å²) in [5.41, 5.74) is 8.43. The number of piperidine rings is 1. The van der Waals surface area contributed by atoms with Crippen LogP contribution in [0, 0.1) is 0 Å². The number of nitrogens with two attached hydrogens (primary N) is 1. The lowest BCUT2D eigenvalue weighted by atomic mass is 10.0. The zero-order chi connectivity index (χ0) is 16.9. The molecule has 3 N–H and O–H groups in total. The van der Waals surface area contributed by atoms with Gasteiger partial charge in [-0.05, 0) is 58.2 Å². The van der Waals surface area contributed by atoms with Crippen molar-refractivity contribution >= 4 is 29.9 Å². The molecule has 0 radical (unpaired) electrons. The Morgan fingerprint density at radius 1 is 1.21 bits per heavy atom. The molecule has 5 heteroatoms. The normalized spacial score (nSPS) is 19.7. The quantitative estimate of drug-likeness (QED) is 0.421. The molecule has 0 saturated carbocycles. The molecular weight excluding hydrogens is 411 g/mol. The van der Waals surface area contributed by atoms with Gasteiger partial charge in [-0.25, -0.2) is 4.99 Å². The van der Waals surface area contributed by atoms with Crippen molar-refractivity contribution in [3.05, 3.63) is 35.4 Å². The Morgan fingerprint density at radius 2 is 1.83 bits per heavy atom. The van der Waals surface area contributed by atoms with E-state index >= 15 is 0 Å². The zero-order valence-corrected chi connectivity index (χ0v) is 17.8.